The SMILES string of the molecule is NC1NN2CC(F)CNC2C1C(=O)NC1CNCCC1C1CCCCC1. The van der Waals surface area contributed by atoms with Gasteiger partial charge in [-0.3, -0.25) is 10.1 Å². The van der Waals surface area contributed by atoms with Crippen molar-refractivity contribution in [2.24, 2.45) is 23.5 Å². The van der Waals surface area contributed by atoms with Gasteiger partial charge in [0.2, 0.25) is 5.91 Å². The van der Waals surface area contributed by atoms with Gasteiger partial charge in [-0.2, -0.15) is 0 Å². The van der Waals surface area contributed by atoms with Crippen LogP contribution >= 0.6 is 0 Å². The van der Waals surface area contributed by atoms with Gasteiger partial charge in [-0.05, 0) is 24.8 Å². The molecule has 8 heteroatoms. The van der Waals surface area contributed by atoms with Crippen LogP contribution in [0.15, 0.2) is 0 Å². The fourth-order valence-electron chi connectivity index (χ4n) is 5.42. The van der Waals surface area contributed by atoms with Gasteiger partial charge in [-0.25, -0.2) is 14.8 Å². The van der Waals surface area contributed by atoms with Crippen molar-refractivity contribution >= 4 is 5.91 Å². The molecule has 4 rings (SSSR count). The number of carbonyl (C=O) groups is 1. The van der Waals surface area contributed by atoms with Crippen LogP contribution in [-0.2, 0) is 4.79 Å². The van der Waals surface area contributed by atoms with E-state index >= 15 is 0 Å². The first-order valence-electron chi connectivity index (χ1n) is 10.3. The molecule has 3 aliphatic heterocycles. The number of hydrogen-bond donors (Lipinski definition) is 5. The van der Waals surface area contributed by atoms with E-state index in [1.165, 1.54) is 32.1 Å². The highest BCUT2D eigenvalue weighted by molar-refractivity contribution is 5.80. The van der Waals surface area contributed by atoms with Gasteiger partial charge in [0.05, 0.1) is 18.2 Å². The predicted molar refractivity (Wildman–Crippen MR) is 97.5 cm³/mol. The Morgan fingerprint density at radius 2 is 1.96 bits per heavy atom. The van der Waals surface area contributed by atoms with Crippen molar-refractivity contribution in [1.82, 2.24) is 26.4 Å². The van der Waals surface area contributed by atoms with E-state index in [0.29, 0.717) is 5.92 Å². The van der Waals surface area contributed by atoms with E-state index in [1.807, 2.05) is 0 Å². The van der Waals surface area contributed by atoms with E-state index in [-0.39, 0.29) is 31.2 Å². The fourth-order valence-corrected chi connectivity index (χ4v) is 5.42. The van der Waals surface area contributed by atoms with Crippen LogP contribution in [0.5, 0.6) is 0 Å². The first-order valence-corrected chi connectivity index (χ1v) is 10.3. The molecule has 148 valence electrons. The number of piperidine rings is 1. The van der Waals surface area contributed by atoms with Crippen molar-refractivity contribution in [2.45, 2.75) is 63.1 Å². The highest BCUT2D eigenvalue weighted by Gasteiger charge is 2.47. The van der Waals surface area contributed by atoms with Crippen LogP contribution in [0.2, 0.25) is 0 Å². The molecule has 0 bridgehead atoms. The van der Waals surface area contributed by atoms with E-state index in [0.717, 1.165) is 25.4 Å². The second-order valence-corrected chi connectivity index (χ2v) is 8.45. The number of hydrazine groups is 1. The van der Waals surface area contributed by atoms with Crippen molar-refractivity contribution in [3.8, 4) is 0 Å². The van der Waals surface area contributed by atoms with Crippen molar-refractivity contribution < 1.29 is 9.18 Å². The molecule has 1 saturated carbocycles. The molecule has 4 fully saturated rings. The molecule has 0 aromatic heterocycles. The van der Waals surface area contributed by atoms with Gasteiger partial charge in [-0.15, -0.1) is 0 Å². The molecule has 1 amide bonds. The fraction of sp³-hybridized carbons (Fsp3) is 0.944. The van der Waals surface area contributed by atoms with Gasteiger partial charge in [0.1, 0.15) is 6.17 Å². The lowest BCUT2D eigenvalue weighted by molar-refractivity contribution is -0.128. The first-order chi connectivity index (χ1) is 12.6. The number of nitrogens with two attached hydrogens (primary N) is 1. The minimum absolute atomic E-state index is 0.0168. The zero-order valence-electron chi connectivity index (χ0n) is 15.4. The number of amides is 1. The number of nitrogens with zero attached hydrogens (tertiary/aromatic N) is 1. The van der Waals surface area contributed by atoms with Crippen molar-refractivity contribution in [3.05, 3.63) is 0 Å². The lowest BCUT2D eigenvalue weighted by Crippen LogP contribution is -2.60. The molecule has 1 aliphatic carbocycles. The minimum atomic E-state index is -0.939. The molecule has 0 aromatic carbocycles. The maximum absolute atomic E-state index is 13.6. The largest absolute Gasteiger partial charge is 0.351 e. The summed E-state index contributed by atoms with van der Waals surface area (Å²) in [6.45, 7) is 2.41. The second-order valence-electron chi connectivity index (χ2n) is 8.45. The molecule has 7 nitrogen and oxygen atoms in total. The average molecular weight is 369 g/mol. The lowest BCUT2D eigenvalue weighted by atomic mass is 9.74. The van der Waals surface area contributed by atoms with Crippen molar-refractivity contribution in [1.29, 1.82) is 0 Å². The summed E-state index contributed by atoms with van der Waals surface area (Å²) < 4.78 is 13.6. The Labute approximate surface area is 155 Å². The Morgan fingerprint density at radius 1 is 1.15 bits per heavy atom. The van der Waals surface area contributed by atoms with Crippen LogP contribution in [-0.4, -0.2) is 61.6 Å². The summed E-state index contributed by atoms with van der Waals surface area (Å²) in [6, 6.07) is 0.165. The van der Waals surface area contributed by atoms with Crippen molar-refractivity contribution in [3.63, 3.8) is 0 Å². The number of alkyl halides is 1. The molecule has 0 spiro atoms. The van der Waals surface area contributed by atoms with Gasteiger partial charge >= 0.3 is 0 Å². The summed E-state index contributed by atoms with van der Waals surface area (Å²) in [5, 5.41) is 11.6. The van der Waals surface area contributed by atoms with Crippen LogP contribution in [0, 0.1) is 17.8 Å². The van der Waals surface area contributed by atoms with Crippen molar-refractivity contribution in [2.75, 3.05) is 26.2 Å². The standard InChI is InChI=1S/C18H33FN6O/c19-12-8-22-17-15(16(20)24-25(17)10-12)18(26)23-14-9-21-7-6-13(14)11-4-2-1-3-5-11/h11-17,21-22,24H,1-10,20H2,(H,23,26). The predicted octanol–water partition coefficient (Wildman–Crippen LogP) is -0.350. The van der Waals surface area contributed by atoms with E-state index in [1.54, 1.807) is 5.01 Å². The van der Waals surface area contributed by atoms with E-state index < -0.39 is 18.3 Å². The van der Waals surface area contributed by atoms with Crippen LogP contribution < -0.4 is 27.1 Å². The summed E-state index contributed by atoms with van der Waals surface area (Å²) in [5.74, 6) is 0.855. The number of nitrogens with one attached hydrogen (secondary N) is 4. The number of carbonyl (C=O) groups excluding carboxylic acids is 1. The quantitative estimate of drug-likeness (QED) is 0.468. The molecule has 0 radical (unpaired) electrons. The Morgan fingerprint density at radius 3 is 2.77 bits per heavy atom. The number of halogens is 1. The third kappa shape index (κ3) is 3.75. The normalized spacial score (nSPS) is 42.4. The summed E-state index contributed by atoms with van der Waals surface area (Å²) >= 11 is 0. The summed E-state index contributed by atoms with van der Waals surface area (Å²) in [7, 11) is 0. The number of fused-ring (bicyclic) bond motifs is 1. The zero-order valence-corrected chi connectivity index (χ0v) is 15.4. The Hall–Kier alpha value is -0.800. The smallest absolute Gasteiger partial charge is 0.229 e. The minimum Gasteiger partial charge on any atom is -0.351 e. The molecule has 3 heterocycles. The third-order valence-electron chi connectivity index (χ3n) is 6.74. The second kappa shape index (κ2) is 8.06. The van der Waals surface area contributed by atoms with Gasteiger partial charge in [0.15, 0.2) is 0 Å². The Kier molecular flexibility index (Phi) is 5.75. The third-order valence-corrected chi connectivity index (χ3v) is 6.74. The average Bonchev–Trinajstić information content (AvgIpc) is 2.97. The van der Waals surface area contributed by atoms with Gasteiger partial charge in [0, 0.05) is 25.7 Å². The molecule has 6 N–H and O–H groups in total. The number of rotatable bonds is 3. The summed E-state index contributed by atoms with van der Waals surface area (Å²) in [6.07, 6.45) is 6.03. The van der Waals surface area contributed by atoms with Crippen LogP contribution in [0.4, 0.5) is 4.39 Å². The molecule has 6 unspecified atom stereocenters. The maximum Gasteiger partial charge on any atom is 0.229 e. The molecule has 4 aliphatic rings. The molecule has 3 saturated heterocycles. The topological polar surface area (TPSA) is 94.5 Å². The highest BCUT2D eigenvalue weighted by Crippen LogP contribution is 2.35. The van der Waals surface area contributed by atoms with Gasteiger partial charge in [-0.1, -0.05) is 32.1 Å². The Bertz CT molecular complexity index is 502. The van der Waals surface area contributed by atoms with E-state index in [2.05, 4.69) is 21.4 Å². The molecule has 26 heavy (non-hydrogen) atoms. The number of hydrogen-bond acceptors (Lipinski definition) is 6. The van der Waals surface area contributed by atoms with Crippen LogP contribution in [0.1, 0.15) is 38.5 Å². The Balaban J connectivity index is 1.41. The maximum atomic E-state index is 13.6. The summed E-state index contributed by atoms with van der Waals surface area (Å²) in [5.41, 5.74) is 9.24. The first kappa shape index (κ1) is 18.6. The molecular formula is C18H33FN6O. The van der Waals surface area contributed by atoms with Gasteiger partial charge < -0.3 is 16.4 Å². The van der Waals surface area contributed by atoms with E-state index in [9.17, 15) is 9.18 Å². The monoisotopic (exact) mass is 368 g/mol. The highest BCUT2D eigenvalue weighted by atomic mass is 19.1. The summed E-state index contributed by atoms with van der Waals surface area (Å²) in [4.78, 5) is 13.1. The van der Waals surface area contributed by atoms with Crippen LogP contribution in [0.25, 0.3) is 0 Å². The van der Waals surface area contributed by atoms with E-state index in [4.69, 9.17) is 5.73 Å². The molecule has 0 aromatic rings. The zero-order chi connectivity index (χ0) is 18.1. The molecular weight excluding hydrogens is 335 g/mol. The molecule has 6 atom stereocenters. The van der Waals surface area contributed by atoms with Crippen LogP contribution in [0.3, 0.4) is 0 Å². The van der Waals surface area contributed by atoms with Gasteiger partial charge in [0.25, 0.3) is 0 Å². The lowest BCUT2D eigenvalue weighted by Gasteiger charge is -2.40.